The van der Waals surface area contributed by atoms with Crippen LogP contribution in [0.5, 0.6) is 17.2 Å². The third kappa shape index (κ3) is 2.09. The number of benzene rings is 2. The Bertz CT molecular complexity index is 620. The van der Waals surface area contributed by atoms with E-state index in [1.54, 1.807) is 7.11 Å². The van der Waals surface area contributed by atoms with Crippen LogP contribution >= 0.6 is 0 Å². The number of aromatic hydroxyl groups is 1. The van der Waals surface area contributed by atoms with E-state index >= 15 is 0 Å². The van der Waals surface area contributed by atoms with Gasteiger partial charge in [0, 0.05) is 17.2 Å². The molecule has 3 heteroatoms. The molecule has 1 unspecified atom stereocenters. The van der Waals surface area contributed by atoms with Gasteiger partial charge in [-0.25, -0.2) is 0 Å². The minimum absolute atomic E-state index is 0.0375. The van der Waals surface area contributed by atoms with Crippen molar-refractivity contribution in [1.82, 2.24) is 0 Å². The summed E-state index contributed by atoms with van der Waals surface area (Å²) in [5.41, 5.74) is 2.82. The van der Waals surface area contributed by atoms with Gasteiger partial charge in [0.25, 0.3) is 0 Å². The molecule has 1 atom stereocenters. The summed E-state index contributed by atoms with van der Waals surface area (Å²) in [6.07, 6.45) is 1.72. The summed E-state index contributed by atoms with van der Waals surface area (Å²) in [6, 6.07) is 12.0. The zero-order chi connectivity index (χ0) is 14.1. The maximum Gasteiger partial charge on any atom is 0.130 e. The van der Waals surface area contributed by atoms with Crippen molar-refractivity contribution in [3.05, 3.63) is 53.1 Å². The first kappa shape index (κ1) is 12.9. The van der Waals surface area contributed by atoms with E-state index in [2.05, 4.69) is 12.1 Å². The fraction of sp³-hybridized carbons (Fsp3) is 0.294. The number of hydrogen-bond acceptors (Lipinski definition) is 3. The minimum Gasteiger partial charge on any atom is -0.507 e. The lowest BCUT2D eigenvalue weighted by Gasteiger charge is -2.28. The lowest BCUT2D eigenvalue weighted by Crippen LogP contribution is -2.15. The molecular formula is C17H18O3. The second-order valence-electron chi connectivity index (χ2n) is 5.08. The Morgan fingerprint density at radius 2 is 2.00 bits per heavy atom. The summed E-state index contributed by atoms with van der Waals surface area (Å²) in [4.78, 5) is 0. The van der Waals surface area contributed by atoms with E-state index in [4.69, 9.17) is 9.47 Å². The van der Waals surface area contributed by atoms with Gasteiger partial charge in [-0.15, -0.1) is 0 Å². The molecule has 2 aromatic rings. The molecule has 20 heavy (non-hydrogen) atoms. The monoisotopic (exact) mass is 270 g/mol. The molecule has 0 radical (unpaired) electrons. The van der Waals surface area contributed by atoms with E-state index in [0.29, 0.717) is 11.5 Å². The van der Waals surface area contributed by atoms with Crippen LogP contribution in [-0.2, 0) is 6.42 Å². The minimum atomic E-state index is 0.0375. The van der Waals surface area contributed by atoms with Crippen LogP contribution in [0.1, 0.15) is 29.2 Å². The van der Waals surface area contributed by atoms with Gasteiger partial charge >= 0.3 is 0 Å². The lowest BCUT2D eigenvalue weighted by molar-refractivity contribution is 0.173. The standard InChI is InChI=1S/C17H18O3/c1-11-15(19-2)10-16-13(17(11)18)8-9-14(20-16)12-6-4-3-5-7-12/h3-7,10,14,18H,8-9H2,1-2H3. The van der Waals surface area contributed by atoms with Crippen LogP contribution < -0.4 is 9.47 Å². The van der Waals surface area contributed by atoms with Gasteiger partial charge in [-0.1, -0.05) is 30.3 Å². The molecule has 0 bridgehead atoms. The average molecular weight is 270 g/mol. The highest BCUT2D eigenvalue weighted by molar-refractivity contribution is 5.56. The van der Waals surface area contributed by atoms with Crippen molar-refractivity contribution in [3.8, 4) is 17.2 Å². The first-order chi connectivity index (χ1) is 9.70. The summed E-state index contributed by atoms with van der Waals surface area (Å²) < 4.78 is 11.3. The highest BCUT2D eigenvalue weighted by atomic mass is 16.5. The molecular weight excluding hydrogens is 252 g/mol. The zero-order valence-electron chi connectivity index (χ0n) is 11.7. The molecule has 3 rings (SSSR count). The van der Waals surface area contributed by atoms with Gasteiger partial charge < -0.3 is 14.6 Å². The molecule has 0 saturated carbocycles. The van der Waals surface area contributed by atoms with Crippen LogP contribution in [0.4, 0.5) is 0 Å². The Balaban J connectivity index is 1.97. The van der Waals surface area contributed by atoms with E-state index < -0.39 is 0 Å². The van der Waals surface area contributed by atoms with E-state index in [-0.39, 0.29) is 6.10 Å². The topological polar surface area (TPSA) is 38.7 Å². The fourth-order valence-electron chi connectivity index (χ4n) is 2.72. The summed E-state index contributed by atoms with van der Waals surface area (Å²) in [7, 11) is 1.60. The summed E-state index contributed by atoms with van der Waals surface area (Å²) in [5, 5.41) is 10.3. The summed E-state index contributed by atoms with van der Waals surface area (Å²) in [6.45, 7) is 1.86. The summed E-state index contributed by atoms with van der Waals surface area (Å²) >= 11 is 0. The molecule has 2 aromatic carbocycles. The number of phenols is 1. The Morgan fingerprint density at radius 1 is 1.25 bits per heavy atom. The third-order valence-corrected chi connectivity index (χ3v) is 3.89. The Kier molecular flexibility index (Phi) is 3.26. The Labute approximate surface area is 118 Å². The van der Waals surface area contributed by atoms with Crippen LogP contribution in [0, 0.1) is 6.92 Å². The molecule has 1 heterocycles. The molecule has 0 fully saturated rings. The lowest BCUT2D eigenvalue weighted by atomic mass is 9.95. The number of phenolic OH excluding ortho intramolecular Hbond substituents is 1. The number of fused-ring (bicyclic) bond motifs is 1. The zero-order valence-corrected chi connectivity index (χ0v) is 11.7. The number of methoxy groups -OCH3 is 1. The first-order valence-electron chi connectivity index (χ1n) is 6.81. The largest absolute Gasteiger partial charge is 0.507 e. The van der Waals surface area contributed by atoms with E-state index in [1.807, 2.05) is 31.2 Å². The van der Waals surface area contributed by atoms with Crippen molar-refractivity contribution in [3.63, 3.8) is 0 Å². The number of ether oxygens (including phenoxy) is 2. The van der Waals surface area contributed by atoms with Gasteiger partial charge in [-0.2, -0.15) is 0 Å². The second-order valence-corrected chi connectivity index (χ2v) is 5.08. The Hall–Kier alpha value is -2.16. The van der Waals surface area contributed by atoms with Crippen molar-refractivity contribution < 1.29 is 14.6 Å². The molecule has 3 nitrogen and oxygen atoms in total. The average Bonchev–Trinajstić information content (AvgIpc) is 2.51. The number of rotatable bonds is 2. The van der Waals surface area contributed by atoms with Gasteiger partial charge in [-0.05, 0) is 25.3 Å². The van der Waals surface area contributed by atoms with Gasteiger partial charge in [0.15, 0.2) is 0 Å². The van der Waals surface area contributed by atoms with Crippen LogP contribution in [0.3, 0.4) is 0 Å². The molecule has 0 aromatic heterocycles. The predicted molar refractivity (Wildman–Crippen MR) is 77.5 cm³/mol. The quantitative estimate of drug-likeness (QED) is 0.902. The maximum atomic E-state index is 10.3. The van der Waals surface area contributed by atoms with E-state index in [1.165, 1.54) is 0 Å². The van der Waals surface area contributed by atoms with Gasteiger partial charge in [0.05, 0.1) is 7.11 Å². The third-order valence-electron chi connectivity index (χ3n) is 3.89. The van der Waals surface area contributed by atoms with Crippen LogP contribution in [0.25, 0.3) is 0 Å². The molecule has 0 saturated heterocycles. The van der Waals surface area contributed by atoms with Gasteiger partial charge in [-0.3, -0.25) is 0 Å². The van der Waals surface area contributed by atoms with Crippen molar-refractivity contribution in [2.75, 3.05) is 7.11 Å². The predicted octanol–water partition coefficient (Wildman–Crippen LogP) is 3.78. The van der Waals surface area contributed by atoms with E-state index in [9.17, 15) is 5.11 Å². The number of hydrogen-bond donors (Lipinski definition) is 1. The van der Waals surface area contributed by atoms with Crippen LogP contribution in [0.2, 0.25) is 0 Å². The second kappa shape index (κ2) is 5.08. The highest BCUT2D eigenvalue weighted by Gasteiger charge is 2.25. The molecule has 1 N–H and O–H groups in total. The van der Waals surface area contributed by atoms with Crippen molar-refractivity contribution in [1.29, 1.82) is 0 Å². The molecule has 1 aliphatic heterocycles. The molecule has 0 spiro atoms. The van der Waals surface area contributed by atoms with Gasteiger partial charge in [0.2, 0.25) is 0 Å². The molecule has 0 aliphatic carbocycles. The Morgan fingerprint density at radius 3 is 2.70 bits per heavy atom. The van der Waals surface area contributed by atoms with E-state index in [0.717, 1.165) is 35.3 Å². The smallest absolute Gasteiger partial charge is 0.130 e. The van der Waals surface area contributed by atoms with Gasteiger partial charge in [0.1, 0.15) is 23.4 Å². The fourth-order valence-corrected chi connectivity index (χ4v) is 2.72. The SMILES string of the molecule is COc1cc2c(c(O)c1C)CCC(c1ccccc1)O2. The molecule has 0 amide bonds. The van der Waals surface area contributed by atoms with Crippen LogP contribution in [0.15, 0.2) is 36.4 Å². The molecule has 1 aliphatic rings. The van der Waals surface area contributed by atoms with Crippen molar-refractivity contribution in [2.24, 2.45) is 0 Å². The van der Waals surface area contributed by atoms with Crippen LogP contribution in [-0.4, -0.2) is 12.2 Å². The molecule has 104 valence electrons. The summed E-state index contributed by atoms with van der Waals surface area (Å²) in [5.74, 6) is 1.69. The van der Waals surface area contributed by atoms with Crippen molar-refractivity contribution in [2.45, 2.75) is 25.9 Å². The van der Waals surface area contributed by atoms with Crippen molar-refractivity contribution >= 4 is 0 Å². The highest BCUT2D eigenvalue weighted by Crippen LogP contribution is 2.44. The first-order valence-corrected chi connectivity index (χ1v) is 6.81. The normalized spacial score (nSPS) is 17.2. The maximum absolute atomic E-state index is 10.3.